The van der Waals surface area contributed by atoms with Crippen LogP contribution < -0.4 is 0 Å². The second-order valence-corrected chi connectivity index (χ2v) is 4.27. The van der Waals surface area contributed by atoms with Crippen molar-refractivity contribution in [2.24, 2.45) is 0 Å². The lowest BCUT2D eigenvalue weighted by Gasteiger charge is -2.03. The minimum absolute atomic E-state index is 0.265. The molecule has 0 saturated carbocycles. The first-order valence-corrected chi connectivity index (χ1v) is 5.78. The van der Waals surface area contributed by atoms with Crippen LogP contribution in [-0.4, -0.2) is 16.9 Å². The maximum Gasteiger partial charge on any atom is 0.151 e. The summed E-state index contributed by atoms with van der Waals surface area (Å²) in [5.41, 5.74) is 2.84. The fourth-order valence-corrected chi connectivity index (χ4v) is 2.01. The maximum atomic E-state index is 9.10. The Morgan fingerprint density at radius 3 is 2.89 bits per heavy atom. The minimum Gasteiger partial charge on any atom is -0.378 e. The van der Waals surface area contributed by atoms with E-state index in [-0.39, 0.29) is 6.61 Å². The molecule has 0 aliphatic carbocycles. The van der Waals surface area contributed by atoms with Gasteiger partial charge >= 0.3 is 0 Å². The van der Waals surface area contributed by atoms with Gasteiger partial charge in [0.15, 0.2) is 5.15 Å². The number of hydrogen-bond donors (Lipinski definition) is 0. The summed E-state index contributed by atoms with van der Waals surface area (Å²) in [4.78, 5) is 0. The summed E-state index contributed by atoms with van der Waals surface area (Å²) in [6.45, 7) is 2.25. The van der Waals surface area contributed by atoms with E-state index in [0.717, 1.165) is 11.3 Å². The van der Waals surface area contributed by atoms with Crippen LogP contribution >= 0.6 is 11.6 Å². The van der Waals surface area contributed by atoms with Gasteiger partial charge in [0.1, 0.15) is 17.3 Å². The van der Waals surface area contributed by atoms with E-state index in [0.29, 0.717) is 16.4 Å². The summed E-state index contributed by atoms with van der Waals surface area (Å²) < 4.78 is 6.57. The molecule has 2 rings (SSSR count). The lowest BCUT2D eigenvalue weighted by atomic mass is 10.2. The first-order chi connectivity index (χ1) is 8.67. The van der Waals surface area contributed by atoms with Gasteiger partial charge in [-0.3, -0.25) is 0 Å². The first-order valence-electron chi connectivity index (χ1n) is 5.41. The highest BCUT2D eigenvalue weighted by Gasteiger charge is 2.16. The largest absolute Gasteiger partial charge is 0.378 e. The Kier molecular flexibility index (Phi) is 3.66. The highest BCUT2D eigenvalue weighted by Crippen LogP contribution is 2.23. The molecule has 4 nitrogen and oxygen atoms in total. The number of aromatic nitrogens is 2. The number of hydrogen-bond acceptors (Lipinski definition) is 3. The molecular formula is C13H12ClN3O. The van der Waals surface area contributed by atoms with E-state index in [4.69, 9.17) is 21.6 Å². The molecule has 0 spiro atoms. The molecule has 0 aliphatic heterocycles. The predicted octanol–water partition coefficient (Wildman–Crippen LogP) is 2.85. The second-order valence-electron chi connectivity index (χ2n) is 3.91. The van der Waals surface area contributed by atoms with E-state index in [1.54, 1.807) is 11.8 Å². The van der Waals surface area contributed by atoms with Crippen molar-refractivity contribution in [3.8, 4) is 11.8 Å². The van der Waals surface area contributed by atoms with Gasteiger partial charge in [0, 0.05) is 7.11 Å². The molecule has 92 valence electrons. The lowest BCUT2D eigenvalue weighted by molar-refractivity contribution is 0.181. The van der Waals surface area contributed by atoms with E-state index in [1.807, 2.05) is 31.2 Å². The molecule has 0 unspecified atom stereocenters. The van der Waals surface area contributed by atoms with E-state index < -0.39 is 0 Å². The normalized spacial score (nSPS) is 10.3. The molecule has 1 aromatic heterocycles. The molecule has 0 atom stereocenters. The van der Waals surface area contributed by atoms with Crippen molar-refractivity contribution in [3.63, 3.8) is 0 Å². The Labute approximate surface area is 110 Å². The van der Waals surface area contributed by atoms with Gasteiger partial charge in [-0.15, -0.1) is 0 Å². The van der Waals surface area contributed by atoms with Crippen LogP contribution in [0.5, 0.6) is 0 Å². The van der Waals surface area contributed by atoms with Crippen LogP contribution in [0, 0.1) is 18.3 Å². The fourth-order valence-electron chi connectivity index (χ4n) is 1.72. The molecule has 0 aliphatic rings. The third-order valence-corrected chi connectivity index (χ3v) is 2.89. The number of nitriles is 1. The van der Waals surface area contributed by atoms with Crippen molar-refractivity contribution < 1.29 is 4.74 Å². The topological polar surface area (TPSA) is 50.8 Å². The van der Waals surface area contributed by atoms with Gasteiger partial charge in [-0.1, -0.05) is 23.7 Å². The Morgan fingerprint density at radius 2 is 2.28 bits per heavy atom. The molecule has 0 saturated heterocycles. The molecule has 18 heavy (non-hydrogen) atoms. The van der Waals surface area contributed by atoms with Gasteiger partial charge in [-0.2, -0.15) is 10.4 Å². The number of ether oxygens (including phenoxy) is 1. The summed E-state index contributed by atoms with van der Waals surface area (Å²) in [7, 11) is 1.56. The van der Waals surface area contributed by atoms with E-state index >= 15 is 0 Å². The fraction of sp³-hybridized carbons (Fsp3) is 0.231. The van der Waals surface area contributed by atoms with Gasteiger partial charge in [-0.25, -0.2) is 4.68 Å². The van der Waals surface area contributed by atoms with Crippen LogP contribution in [0.4, 0.5) is 0 Å². The second kappa shape index (κ2) is 5.21. The molecule has 1 heterocycles. The van der Waals surface area contributed by atoms with Crippen molar-refractivity contribution in [2.75, 3.05) is 7.11 Å². The SMILES string of the molecule is COCc1nn(-c2cccc(C)c2)c(Cl)c1C#N. The number of benzene rings is 1. The summed E-state index contributed by atoms with van der Waals surface area (Å²) in [5.74, 6) is 0. The Balaban J connectivity index is 2.56. The zero-order valence-electron chi connectivity index (χ0n) is 10.1. The molecule has 5 heteroatoms. The standard InChI is InChI=1S/C13H12ClN3O/c1-9-4-3-5-10(6-9)17-13(14)11(7-15)12(16-17)8-18-2/h3-6H,8H2,1-2H3. The van der Waals surface area contributed by atoms with Gasteiger partial charge < -0.3 is 4.74 Å². The zero-order chi connectivity index (χ0) is 13.1. The van der Waals surface area contributed by atoms with Crippen LogP contribution in [0.1, 0.15) is 16.8 Å². The first kappa shape index (κ1) is 12.6. The monoisotopic (exact) mass is 261 g/mol. The number of methoxy groups -OCH3 is 1. The average molecular weight is 262 g/mol. The Hall–Kier alpha value is -1.83. The number of aryl methyl sites for hydroxylation is 1. The highest BCUT2D eigenvalue weighted by molar-refractivity contribution is 6.31. The third-order valence-electron chi connectivity index (χ3n) is 2.54. The highest BCUT2D eigenvalue weighted by atomic mass is 35.5. The van der Waals surface area contributed by atoms with Gasteiger partial charge in [-0.05, 0) is 24.6 Å². The average Bonchev–Trinajstić information content (AvgIpc) is 2.66. The number of rotatable bonds is 3. The van der Waals surface area contributed by atoms with Gasteiger partial charge in [0.2, 0.25) is 0 Å². The molecule has 0 bridgehead atoms. The van der Waals surface area contributed by atoms with Crippen LogP contribution in [0.25, 0.3) is 5.69 Å². The third kappa shape index (κ3) is 2.23. The van der Waals surface area contributed by atoms with Gasteiger partial charge in [0.25, 0.3) is 0 Å². The quantitative estimate of drug-likeness (QED) is 0.854. The summed E-state index contributed by atoms with van der Waals surface area (Å²) in [6, 6.07) is 9.82. The summed E-state index contributed by atoms with van der Waals surface area (Å²) >= 11 is 6.17. The molecule has 0 amide bonds. The van der Waals surface area contributed by atoms with E-state index in [1.165, 1.54) is 0 Å². The van der Waals surface area contributed by atoms with Gasteiger partial charge in [0.05, 0.1) is 12.3 Å². The molecule has 1 aromatic carbocycles. The van der Waals surface area contributed by atoms with Crippen molar-refractivity contribution in [3.05, 3.63) is 46.2 Å². The van der Waals surface area contributed by atoms with Crippen molar-refractivity contribution in [1.82, 2.24) is 9.78 Å². The lowest BCUT2D eigenvalue weighted by Crippen LogP contribution is -1.98. The molecule has 0 fully saturated rings. The van der Waals surface area contributed by atoms with Crippen molar-refractivity contribution >= 4 is 11.6 Å². The Bertz CT molecular complexity index is 613. The van der Waals surface area contributed by atoms with Crippen molar-refractivity contribution in [2.45, 2.75) is 13.5 Å². The van der Waals surface area contributed by atoms with E-state index in [2.05, 4.69) is 11.2 Å². The summed E-state index contributed by atoms with van der Waals surface area (Å²) in [5, 5.41) is 13.7. The maximum absolute atomic E-state index is 9.10. The smallest absolute Gasteiger partial charge is 0.151 e. The molecular weight excluding hydrogens is 250 g/mol. The number of halogens is 1. The zero-order valence-corrected chi connectivity index (χ0v) is 10.9. The Morgan fingerprint density at radius 1 is 1.50 bits per heavy atom. The molecule has 0 N–H and O–H groups in total. The summed E-state index contributed by atoms with van der Waals surface area (Å²) in [6.07, 6.45) is 0. The van der Waals surface area contributed by atoms with Crippen LogP contribution in [0.3, 0.4) is 0 Å². The van der Waals surface area contributed by atoms with E-state index in [9.17, 15) is 0 Å². The van der Waals surface area contributed by atoms with Crippen LogP contribution in [0.15, 0.2) is 24.3 Å². The van der Waals surface area contributed by atoms with Crippen LogP contribution in [-0.2, 0) is 11.3 Å². The number of nitrogens with zero attached hydrogens (tertiary/aromatic N) is 3. The predicted molar refractivity (Wildman–Crippen MR) is 68.7 cm³/mol. The molecule has 0 radical (unpaired) electrons. The molecule has 2 aromatic rings. The minimum atomic E-state index is 0.265. The van der Waals surface area contributed by atoms with Crippen LogP contribution in [0.2, 0.25) is 5.15 Å². The van der Waals surface area contributed by atoms with Crippen molar-refractivity contribution in [1.29, 1.82) is 5.26 Å².